The molecule has 0 aliphatic carbocycles. The molecule has 1 amide bonds. The van der Waals surface area contributed by atoms with Crippen molar-refractivity contribution in [2.24, 2.45) is 0 Å². The van der Waals surface area contributed by atoms with Gasteiger partial charge < -0.3 is 10.6 Å². The van der Waals surface area contributed by atoms with Gasteiger partial charge in [-0.15, -0.1) is 11.3 Å². The maximum Gasteiger partial charge on any atom is 0.262 e. The molecule has 0 atom stereocenters. The van der Waals surface area contributed by atoms with Crippen molar-refractivity contribution in [3.8, 4) is 0 Å². The van der Waals surface area contributed by atoms with Gasteiger partial charge in [-0.2, -0.15) is 0 Å². The van der Waals surface area contributed by atoms with Crippen molar-refractivity contribution in [2.75, 3.05) is 13.1 Å². The van der Waals surface area contributed by atoms with E-state index in [2.05, 4.69) is 47.3 Å². The highest BCUT2D eigenvalue weighted by Crippen LogP contribution is 2.21. The second kappa shape index (κ2) is 5.80. The minimum absolute atomic E-state index is 0.0161. The minimum Gasteiger partial charge on any atom is -0.350 e. The molecule has 0 aliphatic heterocycles. The SMILES string of the molecule is CC(C)(C)NCCNC(=O)c1sccc1Br. The van der Waals surface area contributed by atoms with Gasteiger partial charge in [-0.1, -0.05) is 0 Å². The maximum atomic E-state index is 11.7. The number of thiophene rings is 1. The fraction of sp³-hybridized carbons (Fsp3) is 0.545. The average molecular weight is 305 g/mol. The van der Waals surface area contributed by atoms with Gasteiger partial charge in [0.2, 0.25) is 0 Å². The zero-order valence-corrected chi connectivity index (χ0v) is 12.2. The van der Waals surface area contributed by atoms with Crippen molar-refractivity contribution < 1.29 is 4.79 Å². The Morgan fingerprint density at radius 2 is 2.12 bits per heavy atom. The van der Waals surface area contributed by atoms with E-state index in [1.54, 1.807) is 0 Å². The Kier molecular flexibility index (Phi) is 4.95. The number of amides is 1. The second-order valence-corrected chi connectivity index (χ2v) is 6.30. The van der Waals surface area contributed by atoms with E-state index in [1.807, 2.05) is 11.4 Å². The average Bonchev–Trinajstić information content (AvgIpc) is 2.57. The van der Waals surface area contributed by atoms with Crippen molar-refractivity contribution >= 4 is 33.2 Å². The quantitative estimate of drug-likeness (QED) is 0.840. The maximum absolute atomic E-state index is 11.7. The van der Waals surface area contributed by atoms with Crippen LogP contribution in [0.1, 0.15) is 30.4 Å². The fourth-order valence-corrected chi connectivity index (χ4v) is 2.62. The van der Waals surface area contributed by atoms with Gasteiger partial charge in [0.1, 0.15) is 4.88 Å². The highest BCUT2D eigenvalue weighted by Gasteiger charge is 2.11. The van der Waals surface area contributed by atoms with Crippen LogP contribution in [-0.4, -0.2) is 24.5 Å². The van der Waals surface area contributed by atoms with Crippen LogP contribution in [0.3, 0.4) is 0 Å². The third-order valence-electron chi connectivity index (χ3n) is 1.89. The van der Waals surface area contributed by atoms with Crippen molar-refractivity contribution in [2.45, 2.75) is 26.3 Å². The van der Waals surface area contributed by atoms with Gasteiger partial charge in [-0.25, -0.2) is 0 Å². The molecule has 2 N–H and O–H groups in total. The van der Waals surface area contributed by atoms with Crippen LogP contribution in [0.4, 0.5) is 0 Å². The van der Waals surface area contributed by atoms with Gasteiger partial charge in [0.15, 0.2) is 0 Å². The van der Waals surface area contributed by atoms with Crippen LogP contribution in [0.5, 0.6) is 0 Å². The number of hydrogen-bond acceptors (Lipinski definition) is 3. The first kappa shape index (κ1) is 13.7. The topological polar surface area (TPSA) is 41.1 Å². The van der Waals surface area contributed by atoms with Crippen LogP contribution >= 0.6 is 27.3 Å². The first-order valence-corrected chi connectivity index (χ1v) is 6.83. The van der Waals surface area contributed by atoms with Crippen LogP contribution < -0.4 is 10.6 Å². The molecule has 0 bridgehead atoms. The molecule has 1 heterocycles. The van der Waals surface area contributed by atoms with E-state index in [0.717, 1.165) is 15.9 Å². The molecule has 0 spiro atoms. The van der Waals surface area contributed by atoms with Crippen molar-refractivity contribution in [3.05, 3.63) is 20.8 Å². The number of nitrogens with one attached hydrogen (secondary N) is 2. The molecule has 0 saturated heterocycles. The van der Waals surface area contributed by atoms with Gasteiger partial charge in [0.25, 0.3) is 5.91 Å². The standard InChI is InChI=1S/C11H17BrN2OS/c1-11(2,3)14-6-5-13-10(15)9-8(12)4-7-16-9/h4,7,14H,5-6H2,1-3H3,(H,13,15). The molecule has 1 aromatic heterocycles. The molecular weight excluding hydrogens is 288 g/mol. The Hall–Kier alpha value is -0.390. The first-order valence-electron chi connectivity index (χ1n) is 5.16. The Balaban J connectivity index is 2.29. The largest absolute Gasteiger partial charge is 0.350 e. The molecule has 5 heteroatoms. The summed E-state index contributed by atoms with van der Waals surface area (Å²) in [5.74, 6) is -0.0161. The summed E-state index contributed by atoms with van der Waals surface area (Å²) in [5.41, 5.74) is 0.0915. The van der Waals surface area contributed by atoms with Crippen LogP contribution in [0.15, 0.2) is 15.9 Å². The number of carbonyl (C=O) groups excluding carboxylic acids is 1. The molecule has 16 heavy (non-hydrogen) atoms. The molecule has 3 nitrogen and oxygen atoms in total. The summed E-state index contributed by atoms with van der Waals surface area (Å²) in [4.78, 5) is 12.4. The lowest BCUT2D eigenvalue weighted by atomic mass is 10.1. The summed E-state index contributed by atoms with van der Waals surface area (Å²) in [6.07, 6.45) is 0. The third kappa shape index (κ3) is 4.63. The molecule has 0 aliphatic rings. The van der Waals surface area contributed by atoms with E-state index >= 15 is 0 Å². The molecule has 0 radical (unpaired) electrons. The summed E-state index contributed by atoms with van der Waals surface area (Å²) < 4.78 is 0.860. The smallest absolute Gasteiger partial charge is 0.262 e. The summed E-state index contributed by atoms with van der Waals surface area (Å²) >= 11 is 4.78. The van der Waals surface area contributed by atoms with Gasteiger partial charge in [-0.05, 0) is 48.1 Å². The van der Waals surface area contributed by atoms with Gasteiger partial charge in [-0.3, -0.25) is 4.79 Å². The highest BCUT2D eigenvalue weighted by molar-refractivity contribution is 9.10. The van der Waals surface area contributed by atoms with Gasteiger partial charge in [0, 0.05) is 23.1 Å². The predicted molar refractivity (Wildman–Crippen MR) is 72.1 cm³/mol. The number of hydrogen-bond donors (Lipinski definition) is 2. The Morgan fingerprint density at radius 1 is 1.44 bits per heavy atom. The summed E-state index contributed by atoms with van der Waals surface area (Å²) in [5, 5.41) is 8.09. The molecule has 0 saturated carbocycles. The lowest BCUT2D eigenvalue weighted by Crippen LogP contribution is -2.41. The summed E-state index contributed by atoms with van der Waals surface area (Å²) in [7, 11) is 0. The van der Waals surface area contributed by atoms with E-state index in [0.29, 0.717) is 6.54 Å². The fourth-order valence-electron chi connectivity index (χ4n) is 1.15. The van der Waals surface area contributed by atoms with Crippen molar-refractivity contribution in [1.82, 2.24) is 10.6 Å². The van der Waals surface area contributed by atoms with Gasteiger partial charge in [0.05, 0.1) is 0 Å². The minimum atomic E-state index is -0.0161. The highest BCUT2D eigenvalue weighted by atomic mass is 79.9. The normalized spacial score (nSPS) is 11.5. The van der Waals surface area contributed by atoms with E-state index in [-0.39, 0.29) is 11.4 Å². The Morgan fingerprint density at radius 3 is 2.62 bits per heavy atom. The number of halogens is 1. The summed E-state index contributed by atoms with van der Waals surface area (Å²) in [6, 6.07) is 1.88. The Bertz CT molecular complexity index is 357. The number of rotatable bonds is 4. The van der Waals surface area contributed by atoms with Crippen LogP contribution in [0.25, 0.3) is 0 Å². The molecular formula is C11H17BrN2OS. The second-order valence-electron chi connectivity index (χ2n) is 4.53. The number of carbonyl (C=O) groups is 1. The zero-order chi connectivity index (χ0) is 12.2. The van der Waals surface area contributed by atoms with E-state index in [1.165, 1.54) is 11.3 Å². The molecule has 0 unspecified atom stereocenters. The van der Waals surface area contributed by atoms with Crippen LogP contribution in [-0.2, 0) is 0 Å². The van der Waals surface area contributed by atoms with Crippen LogP contribution in [0, 0.1) is 0 Å². The lowest BCUT2D eigenvalue weighted by Gasteiger charge is -2.20. The first-order chi connectivity index (χ1) is 7.40. The van der Waals surface area contributed by atoms with Crippen LogP contribution in [0.2, 0.25) is 0 Å². The van der Waals surface area contributed by atoms with Crippen molar-refractivity contribution in [3.63, 3.8) is 0 Å². The van der Waals surface area contributed by atoms with E-state index < -0.39 is 0 Å². The lowest BCUT2D eigenvalue weighted by molar-refractivity contribution is 0.0956. The molecule has 0 fully saturated rings. The Labute approximate surface area is 109 Å². The molecule has 1 aromatic rings. The molecule has 1 rings (SSSR count). The molecule has 0 aromatic carbocycles. The van der Waals surface area contributed by atoms with E-state index in [9.17, 15) is 4.79 Å². The predicted octanol–water partition coefficient (Wildman–Crippen LogP) is 2.63. The third-order valence-corrected chi connectivity index (χ3v) is 3.73. The monoisotopic (exact) mass is 304 g/mol. The van der Waals surface area contributed by atoms with E-state index in [4.69, 9.17) is 0 Å². The molecule has 90 valence electrons. The van der Waals surface area contributed by atoms with Crippen molar-refractivity contribution in [1.29, 1.82) is 0 Å². The zero-order valence-electron chi connectivity index (χ0n) is 9.76. The summed E-state index contributed by atoms with van der Waals surface area (Å²) in [6.45, 7) is 7.72. The van der Waals surface area contributed by atoms with Gasteiger partial charge >= 0.3 is 0 Å².